The van der Waals surface area contributed by atoms with Crippen molar-refractivity contribution in [1.29, 1.82) is 0 Å². The molecule has 0 aliphatic rings. The first kappa shape index (κ1) is 18.3. The number of aliphatic hydroxyl groups excluding tert-OH is 2. The number of hydrogen-bond donors (Lipinski definition) is 3. The summed E-state index contributed by atoms with van der Waals surface area (Å²) in [5, 5.41) is 29.0. The highest BCUT2D eigenvalue weighted by Gasteiger charge is 2.38. The highest BCUT2D eigenvalue weighted by molar-refractivity contribution is 5.71. The molecule has 0 bridgehead atoms. The van der Waals surface area contributed by atoms with Crippen LogP contribution in [0.3, 0.4) is 0 Å². The molecule has 0 spiro atoms. The van der Waals surface area contributed by atoms with Crippen LogP contribution in [0.1, 0.15) is 33.6 Å². The molecular weight excluding hydrogens is 252 g/mol. The number of rotatable bonds is 8. The minimum Gasteiger partial charge on any atom is -0.481 e. The molecule has 0 aromatic rings. The van der Waals surface area contributed by atoms with Gasteiger partial charge < -0.3 is 24.8 Å². The van der Waals surface area contributed by atoms with Crippen LogP contribution in [0.15, 0.2) is 0 Å². The van der Waals surface area contributed by atoms with Gasteiger partial charge in [-0.05, 0) is 5.41 Å². The Morgan fingerprint density at radius 2 is 1.58 bits per heavy atom. The molecule has 0 saturated heterocycles. The van der Waals surface area contributed by atoms with Crippen molar-refractivity contribution >= 4 is 5.97 Å². The standard InChI is InChI=1S/C13H26O6/c1-13(2,3)11(12(16)17)9(15)6-8(14)7-10(18-4)19-5/h8-11,14-15H,6-7H2,1-5H3,(H,16,17). The van der Waals surface area contributed by atoms with E-state index in [-0.39, 0.29) is 12.8 Å². The molecule has 3 atom stereocenters. The second-order valence-electron chi connectivity index (χ2n) is 5.78. The van der Waals surface area contributed by atoms with E-state index in [9.17, 15) is 20.1 Å². The van der Waals surface area contributed by atoms with Crippen molar-refractivity contribution in [3.05, 3.63) is 0 Å². The van der Waals surface area contributed by atoms with E-state index < -0.39 is 35.8 Å². The zero-order valence-corrected chi connectivity index (χ0v) is 12.3. The number of hydrogen-bond acceptors (Lipinski definition) is 5. The van der Waals surface area contributed by atoms with Gasteiger partial charge in [0.1, 0.15) is 0 Å². The molecule has 0 aliphatic heterocycles. The Bertz CT molecular complexity index is 269. The Morgan fingerprint density at radius 3 is 1.89 bits per heavy atom. The molecule has 19 heavy (non-hydrogen) atoms. The first-order valence-electron chi connectivity index (χ1n) is 6.28. The number of carbonyl (C=O) groups is 1. The normalized spacial score (nSPS) is 17.3. The molecule has 0 aromatic carbocycles. The number of ether oxygens (including phenoxy) is 2. The number of carboxylic acids is 1. The van der Waals surface area contributed by atoms with Gasteiger partial charge in [-0.15, -0.1) is 0 Å². The quantitative estimate of drug-likeness (QED) is 0.570. The molecule has 114 valence electrons. The Morgan fingerprint density at radius 1 is 1.11 bits per heavy atom. The molecule has 3 N–H and O–H groups in total. The summed E-state index contributed by atoms with van der Waals surface area (Å²) in [7, 11) is 2.90. The molecule has 0 radical (unpaired) electrons. The van der Waals surface area contributed by atoms with Crippen LogP contribution in [0.4, 0.5) is 0 Å². The average molecular weight is 278 g/mol. The molecule has 3 unspecified atom stereocenters. The minimum absolute atomic E-state index is 0.0303. The largest absolute Gasteiger partial charge is 0.481 e. The van der Waals surface area contributed by atoms with Crippen molar-refractivity contribution in [3.8, 4) is 0 Å². The Hall–Kier alpha value is -0.690. The van der Waals surface area contributed by atoms with E-state index in [4.69, 9.17) is 9.47 Å². The molecule has 0 rings (SSSR count). The predicted molar refractivity (Wildman–Crippen MR) is 69.6 cm³/mol. The van der Waals surface area contributed by atoms with E-state index in [1.54, 1.807) is 20.8 Å². The summed E-state index contributed by atoms with van der Waals surface area (Å²) >= 11 is 0. The van der Waals surface area contributed by atoms with Gasteiger partial charge in [0.15, 0.2) is 6.29 Å². The lowest BCUT2D eigenvalue weighted by molar-refractivity contribution is -0.153. The van der Waals surface area contributed by atoms with Gasteiger partial charge in [-0.1, -0.05) is 20.8 Å². The van der Waals surface area contributed by atoms with Crippen LogP contribution >= 0.6 is 0 Å². The highest BCUT2D eigenvalue weighted by Crippen LogP contribution is 2.31. The van der Waals surface area contributed by atoms with Crippen LogP contribution in [0.5, 0.6) is 0 Å². The van der Waals surface area contributed by atoms with Gasteiger partial charge in [-0.3, -0.25) is 4.79 Å². The third-order valence-corrected chi connectivity index (χ3v) is 3.09. The molecule has 0 saturated carbocycles. The van der Waals surface area contributed by atoms with Crippen molar-refractivity contribution in [2.24, 2.45) is 11.3 Å². The Labute approximate surface area is 114 Å². The van der Waals surface area contributed by atoms with Crippen molar-refractivity contribution in [3.63, 3.8) is 0 Å². The van der Waals surface area contributed by atoms with Crippen LogP contribution in [-0.2, 0) is 14.3 Å². The summed E-state index contributed by atoms with van der Waals surface area (Å²) in [4.78, 5) is 11.2. The summed E-state index contributed by atoms with van der Waals surface area (Å²) in [6.07, 6.45) is -2.43. The van der Waals surface area contributed by atoms with Crippen LogP contribution in [0, 0.1) is 11.3 Å². The van der Waals surface area contributed by atoms with E-state index in [2.05, 4.69) is 0 Å². The third-order valence-electron chi connectivity index (χ3n) is 3.09. The number of methoxy groups -OCH3 is 2. The lowest BCUT2D eigenvalue weighted by atomic mass is 9.76. The molecule has 0 amide bonds. The topological polar surface area (TPSA) is 96.2 Å². The Kier molecular flexibility index (Phi) is 7.51. The van der Waals surface area contributed by atoms with Crippen LogP contribution < -0.4 is 0 Å². The average Bonchev–Trinajstić information content (AvgIpc) is 2.22. The van der Waals surface area contributed by atoms with Crippen LogP contribution in [0.25, 0.3) is 0 Å². The van der Waals surface area contributed by atoms with Gasteiger partial charge in [0.25, 0.3) is 0 Å². The van der Waals surface area contributed by atoms with Gasteiger partial charge in [0, 0.05) is 27.1 Å². The number of aliphatic carboxylic acids is 1. The fraction of sp³-hybridized carbons (Fsp3) is 0.923. The smallest absolute Gasteiger partial charge is 0.309 e. The van der Waals surface area contributed by atoms with Gasteiger partial charge in [0.05, 0.1) is 18.1 Å². The molecule has 0 fully saturated rings. The maximum atomic E-state index is 11.2. The summed E-state index contributed by atoms with van der Waals surface area (Å²) in [5.41, 5.74) is -0.590. The van der Waals surface area contributed by atoms with Crippen LogP contribution in [0.2, 0.25) is 0 Å². The van der Waals surface area contributed by atoms with Crippen molar-refractivity contribution in [2.75, 3.05) is 14.2 Å². The maximum Gasteiger partial charge on any atom is 0.309 e. The number of carboxylic acid groups (broad SMARTS) is 1. The van der Waals surface area contributed by atoms with E-state index >= 15 is 0 Å². The molecule has 0 heterocycles. The Balaban J connectivity index is 4.56. The van der Waals surface area contributed by atoms with Gasteiger partial charge >= 0.3 is 5.97 Å². The lowest BCUT2D eigenvalue weighted by Gasteiger charge is -2.32. The van der Waals surface area contributed by atoms with Crippen molar-refractivity contribution in [1.82, 2.24) is 0 Å². The van der Waals surface area contributed by atoms with E-state index in [1.165, 1.54) is 14.2 Å². The monoisotopic (exact) mass is 278 g/mol. The predicted octanol–water partition coefficient (Wildman–Crippen LogP) is 0.854. The van der Waals surface area contributed by atoms with Gasteiger partial charge in [-0.2, -0.15) is 0 Å². The van der Waals surface area contributed by atoms with E-state index in [0.29, 0.717) is 0 Å². The number of aliphatic hydroxyl groups is 2. The summed E-state index contributed by atoms with van der Waals surface area (Å²) < 4.78 is 9.89. The molecule has 0 aliphatic carbocycles. The summed E-state index contributed by atoms with van der Waals surface area (Å²) in [6.45, 7) is 5.23. The maximum absolute atomic E-state index is 11.2. The fourth-order valence-electron chi connectivity index (χ4n) is 2.13. The molecular formula is C13H26O6. The second-order valence-corrected chi connectivity index (χ2v) is 5.78. The van der Waals surface area contributed by atoms with E-state index in [1.807, 2.05) is 0 Å². The molecule has 6 heteroatoms. The van der Waals surface area contributed by atoms with Crippen molar-refractivity contribution < 1.29 is 29.6 Å². The molecule has 0 aromatic heterocycles. The van der Waals surface area contributed by atoms with E-state index in [0.717, 1.165) is 0 Å². The first-order valence-corrected chi connectivity index (χ1v) is 6.28. The first-order chi connectivity index (χ1) is 8.63. The zero-order chi connectivity index (χ0) is 15.2. The molecule has 6 nitrogen and oxygen atoms in total. The highest BCUT2D eigenvalue weighted by atomic mass is 16.7. The van der Waals surface area contributed by atoms with Gasteiger partial charge in [-0.25, -0.2) is 0 Å². The second kappa shape index (κ2) is 7.79. The SMILES string of the molecule is COC(CC(O)CC(O)C(C(=O)O)C(C)(C)C)OC. The summed E-state index contributed by atoms with van der Waals surface area (Å²) in [5.74, 6) is -2.01. The van der Waals surface area contributed by atoms with Crippen LogP contribution in [-0.4, -0.2) is 54.0 Å². The fourth-order valence-corrected chi connectivity index (χ4v) is 2.13. The van der Waals surface area contributed by atoms with Gasteiger partial charge in [0.2, 0.25) is 0 Å². The van der Waals surface area contributed by atoms with Crippen molar-refractivity contribution in [2.45, 2.75) is 52.1 Å². The zero-order valence-electron chi connectivity index (χ0n) is 12.3. The minimum atomic E-state index is -1.12. The summed E-state index contributed by atoms with van der Waals surface area (Å²) in [6, 6.07) is 0. The lowest BCUT2D eigenvalue weighted by Crippen LogP contribution is -2.40. The third kappa shape index (κ3) is 6.33.